The van der Waals surface area contributed by atoms with Crippen molar-refractivity contribution in [3.05, 3.63) is 27.4 Å². The van der Waals surface area contributed by atoms with Crippen molar-refractivity contribution in [2.24, 2.45) is 5.92 Å². The summed E-state index contributed by atoms with van der Waals surface area (Å²) in [5, 5.41) is 13.8. The fraction of sp³-hybridized carbons (Fsp3) is 0.500. The highest BCUT2D eigenvalue weighted by Crippen LogP contribution is 2.32. The predicted molar refractivity (Wildman–Crippen MR) is 61.7 cm³/mol. The standard InChI is InChI=1S/C10H12ClN3O2/c11-9-5-8(14(15)16)6-10(13-9)12-4-3-7-1-2-7/h5-7H,1-4H2,(H,12,13). The Hall–Kier alpha value is -1.36. The van der Waals surface area contributed by atoms with Crippen LogP contribution in [0, 0.1) is 16.0 Å². The lowest BCUT2D eigenvalue weighted by atomic mass is 10.3. The third-order valence-electron chi connectivity index (χ3n) is 2.55. The van der Waals surface area contributed by atoms with Crippen LogP contribution in [0.25, 0.3) is 0 Å². The van der Waals surface area contributed by atoms with E-state index < -0.39 is 4.92 Å². The Morgan fingerprint density at radius 3 is 2.94 bits per heavy atom. The molecule has 0 aromatic carbocycles. The minimum absolute atomic E-state index is 0.0334. The van der Waals surface area contributed by atoms with Crippen LogP contribution >= 0.6 is 11.6 Å². The maximum Gasteiger partial charge on any atom is 0.276 e. The van der Waals surface area contributed by atoms with Crippen LogP contribution in [0.5, 0.6) is 0 Å². The van der Waals surface area contributed by atoms with Crippen LogP contribution < -0.4 is 5.32 Å². The van der Waals surface area contributed by atoms with E-state index in [1.54, 1.807) is 0 Å². The Balaban J connectivity index is 1.98. The molecule has 0 unspecified atom stereocenters. The molecule has 0 aliphatic heterocycles. The molecule has 0 atom stereocenters. The average molecular weight is 242 g/mol. The summed E-state index contributed by atoms with van der Waals surface area (Å²) < 4.78 is 0. The van der Waals surface area contributed by atoms with Crippen molar-refractivity contribution in [3.63, 3.8) is 0 Å². The number of nitrogens with one attached hydrogen (secondary N) is 1. The van der Waals surface area contributed by atoms with Crippen molar-refractivity contribution >= 4 is 23.1 Å². The molecular weight excluding hydrogens is 230 g/mol. The van der Waals surface area contributed by atoms with E-state index in [1.165, 1.54) is 25.0 Å². The van der Waals surface area contributed by atoms with Crippen molar-refractivity contribution < 1.29 is 4.92 Å². The van der Waals surface area contributed by atoms with Crippen LogP contribution in [0.4, 0.5) is 11.5 Å². The zero-order valence-corrected chi connectivity index (χ0v) is 9.41. The number of hydrogen-bond donors (Lipinski definition) is 1. The van der Waals surface area contributed by atoms with E-state index in [2.05, 4.69) is 10.3 Å². The first-order valence-electron chi connectivity index (χ1n) is 5.21. The van der Waals surface area contributed by atoms with Crippen LogP contribution in [-0.2, 0) is 0 Å². The van der Waals surface area contributed by atoms with E-state index in [0.29, 0.717) is 5.82 Å². The van der Waals surface area contributed by atoms with Crippen LogP contribution in [0.1, 0.15) is 19.3 Å². The predicted octanol–water partition coefficient (Wildman–Crippen LogP) is 2.86. The molecule has 86 valence electrons. The monoisotopic (exact) mass is 241 g/mol. The van der Waals surface area contributed by atoms with Gasteiger partial charge < -0.3 is 5.32 Å². The number of nitro groups is 1. The largest absolute Gasteiger partial charge is 0.370 e. The molecule has 16 heavy (non-hydrogen) atoms. The van der Waals surface area contributed by atoms with Crippen LogP contribution in [-0.4, -0.2) is 16.5 Å². The molecule has 1 N–H and O–H groups in total. The van der Waals surface area contributed by atoms with Gasteiger partial charge in [-0.2, -0.15) is 0 Å². The maximum absolute atomic E-state index is 10.6. The average Bonchev–Trinajstić information content (AvgIpc) is 3.01. The number of rotatable bonds is 5. The smallest absolute Gasteiger partial charge is 0.276 e. The SMILES string of the molecule is O=[N+]([O-])c1cc(Cl)nc(NCCC2CC2)c1. The van der Waals surface area contributed by atoms with Gasteiger partial charge in [0.25, 0.3) is 5.69 Å². The summed E-state index contributed by atoms with van der Waals surface area (Å²) in [4.78, 5) is 14.1. The lowest BCUT2D eigenvalue weighted by molar-refractivity contribution is -0.384. The molecule has 0 saturated heterocycles. The Morgan fingerprint density at radius 1 is 1.56 bits per heavy atom. The number of nitrogens with zero attached hydrogens (tertiary/aromatic N) is 2. The van der Waals surface area contributed by atoms with Crippen molar-refractivity contribution in [1.82, 2.24) is 4.98 Å². The molecule has 0 bridgehead atoms. The fourth-order valence-corrected chi connectivity index (χ4v) is 1.69. The summed E-state index contributed by atoms with van der Waals surface area (Å²) in [5.74, 6) is 1.29. The highest BCUT2D eigenvalue weighted by molar-refractivity contribution is 6.29. The van der Waals surface area contributed by atoms with E-state index in [-0.39, 0.29) is 10.8 Å². The molecule has 5 nitrogen and oxygen atoms in total. The summed E-state index contributed by atoms with van der Waals surface area (Å²) in [6.07, 6.45) is 3.68. The second-order valence-corrected chi connectivity index (χ2v) is 4.34. The number of anilines is 1. The van der Waals surface area contributed by atoms with Crippen molar-refractivity contribution in [3.8, 4) is 0 Å². The minimum Gasteiger partial charge on any atom is -0.370 e. The van der Waals surface area contributed by atoms with Gasteiger partial charge in [-0.25, -0.2) is 4.98 Å². The van der Waals surface area contributed by atoms with Gasteiger partial charge >= 0.3 is 0 Å². The van der Waals surface area contributed by atoms with Gasteiger partial charge in [-0.3, -0.25) is 10.1 Å². The highest BCUT2D eigenvalue weighted by Gasteiger charge is 2.20. The summed E-state index contributed by atoms with van der Waals surface area (Å²) in [5.41, 5.74) is -0.0334. The van der Waals surface area contributed by atoms with E-state index in [9.17, 15) is 10.1 Å². The third kappa shape index (κ3) is 3.06. The van der Waals surface area contributed by atoms with Gasteiger partial charge in [0.15, 0.2) is 0 Å². The lowest BCUT2D eigenvalue weighted by Crippen LogP contribution is -2.04. The Bertz CT molecular complexity index is 407. The first-order valence-corrected chi connectivity index (χ1v) is 5.59. The second-order valence-electron chi connectivity index (χ2n) is 3.95. The summed E-state index contributed by atoms with van der Waals surface area (Å²) in [7, 11) is 0. The van der Waals surface area contributed by atoms with Crippen LogP contribution in [0.2, 0.25) is 5.15 Å². The van der Waals surface area contributed by atoms with Gasteiger partial charge in [-0.1, -0.05) is 24.4 Å². The first kappa shape index (κ1) is 11.1. The van der Waals surface area contributed by atoms with Crippen LogP contribution in [0.3, 0.4) is 0 Å². The summed E-state index contributed by atoms with van der Waals surface area (Å²) in [6, 6.07) is 2.65. The molecule has 1 aliphatic rings. The van der Waals surface area contributed by atoms with Gasteiger partial charge in [-0.05, 0) is 12.3 Å². The van der Waals surface area contributed by atoms with Gasteiger partial charge in [0, 0.05) is 6.54 Å². The fourth-order valence-electron chi connectivity index (χ4n) is 1.49. The quantitative estimate of drug-likeness (QED) is 0.489. The molecular formula is C10H12ClN3O2. The second kappa shape index (κ2) is 4.65. The van der Waals surface area contributed by atoms with E-state index in [4.69, 9.17) is 11.6 Å². The molecule has 1 aromatic heterocycles. The molecule has 2 rings (SSSR count). The lowest BCUT2D eigenvalue weighted by Gasteiger charge is -2.04. The molecule has 0 spiro atoms. The number of halogens is 1. The molecule has 0 radical (unpaired) electrons. The first-order chi connectivity index (χ1) is 7.65. The highest BCUT2D eigenvalue weighted by atomic mass is 35.5. The number of aromatic nitrogens is 1. The number of hydrogen-bond acceptors (Lipinski definition) is 4. The molecule has 1 aliphatic carbocycles. The van der Waals surface area contributed by atoms with Gasteiger partial charge in [0.2, 0.25) is 0 Å². The van der Waals surface area contributed by atoms with E-state index >= 15 is 0 Å². The Labute approximate surface area is 98.0 Å². The van der Waals surface area contributed by atoms with E-state index in [1.807, 2.05) is 0 Å². The van der Waals surface area contributed by atoms with Gasteiger partial charge in [-0.15, -0.1) is 0 Å². The number of pyridine rings is 1. The topological polar surface area (TPSA) is 68.1 Å². The van der Waals surface area contributed by atoms with Gasteiger partial charge in [0.05, 0.1) is 17.1 Å². The maximum atomic E-state index is 10.6. The van der Waals surface area contributed by atoms with Crippen molar-refractivity contribution in [2.75, 3.05) is 11.9 Å². The summed E-state index contributed by atoms with van der Waals surface area (Å²) >= 11 is 5.69. The molecule has 1 fully saturated rings. The molecule has 6 heteroatoms. The molecule has 1 aromatic rings. The minimum atomic E-state index is -0.473. The molecule has 0 amide bonds. The van der Waals surface area contributed by atoms with Crippen molar-refractivity contribution in [1.29, 1.82) is 0 Å². The molecule has 1 saturated carbocycles. The third-order valence-corrected chi connectivity index (χ3v) is 2.74. The van der Waals surface area contributed by atoms with Crippen LogP contribution in [0.15, 0.2) is 12.1 Å². The zero-order chi connectivity index (χ0) is 11.5. The zero-order valence-electron chi connectivity index (χ0n) is 8.65. The Kier molecular flexibility index (Phi) is 3.24. The molecule has 1 heterocycles. The van der Waals surface area contributed by atoms with E-state index in [0.717, 1.165) is 18.9 Å². The summed E-state index contributed by atoms with van der Waals surface area (Å²) in [6.45, 7) is 0.787. The van der Waals surface area contributed by atoms with Crippen molar-refractivity contribution in [2.45, 2.75) is 19.3 Å². The normalized spacial score (nSPS) is 14.8. The Morgan fingerprint density at radius 2 is 2.31 bits per heavy atom. The van der Waals surface area contributed by atoms with Gasteiger partial charge in [0.1, 0.15) is 11.0 Å².